The second-order valence-corrected chi connectivity index (χ2v) is 8.19. The molecule has 0 aliphatic carbocycles. The Morgan fingerprint density at radius 3 is 2.63 bits per heavy atom. The van der Waals surface area contributed by atoms with Gasteiger partial charge < -0.3 is 4.90 Å². The van der Waals surface area contributed by atoms with E-state index in [9.17, 15) is 13.6 Å². The highest BCUT2D eigenvalue weighted by Crippen LogP contribution is 2.32. The predicted octanol–water partition coefficient (Wildman–Crippen LogP) is 4.94. The molecule has 0 radical (unpaired) electrons. The van der Waals surface area contributed by atoms with E-state index >= 15 is 0 Å². The Kier molecular flexibility index (Phi) is 6.18. The van der Waals surface area contributed by atoms with Gasteiger partial charge in [0.1, 0.15) is 11.3 Å². The molecular weight excluding hydrogens is 436 g/mol. The second kappa shape index (κ2) is 8.41. The Hall–Kier alpha value is -1.90. The van der Waals surface area contributed by atoms with Crippen molar-refractivity contribution in [2.45, 2.75) is 6.42 Å². The summed E-state index contributed by atoms with van der Waals surface area (Å²) in [6.45, 7) is 1.20. The molecule has 0 aliphatic heterocycles. The maximum Gasteiger partial charge on any atom is 0.261 e. The molecule has 0 N–H and O–H groups in total. The predicted molar refractivity (Wildman–Crippen MR) is 109 cm³/mol. The lowest BCUT2D eigenvalue weighted by Crippen LogP contribution is -2.33. The molecule has 0 aliphatic rings. The average Bonchev–Trinajstić information content (AvgIpc) is 3.02. The molecule has 142 valence electrons. The molecule has 2 aromatic carbocycles. The summed E-state index contributed by atoms with van der Waals surface area (Å²) in [4.78, 5) is 21.0. The number of hydrogen-bond acceptors (Lipinski definition) is 4. The number of benzene rings is 2. The van der Waals surface area contributed by atoms with Crippen LogP contribution in [0.15, 0.2) is 40.9 Å². The number of aromatic nitrogens is 1. The van der Waals surface area contributed by atoms with E-state index in [1.165, 1.54) is 11.0 Å². The standard InChI is InChI=1S/C19H18BrF2N3OS/c1-24(2)8-5-9-25(18(26)13-6-3-4-7-14(13)20)19-23-17-15(22)10-12(21)11-16(17)27-19/h3-4,6-7,10-11H,5,8-9H2,1-2H3. The molecule has 0 saturated carbocycles. The highest BCUT2D eigenvalue weighted by molar-refractivity contribution is 9.10. The van der Waals surface area contributed by atoms with Crippen LogP contribution in [-0.4, -0.2) is 43.0 Å². The van der Waals surface area contributed by atoms with Crippen molar-refractivity contribution in [3.63, 3.8) is 0 Å². The lowest BCUT2D eigenvalue weighted by molar-refractivity contribution is 0.0985. The molecule has 3 aromatic rings. The van der Waals surface area contributed by atoms with Gasteiger partial charge in [-0.3, -0.25) is 9.69 Å². The number of carbonyl (C=O) groups is 1. The van der Waals surface area contributed by atoms with Crippen molar-refractivity contribution < 1.29 is 13.6 Å². The number of amides is 1. The van der Waals surface area contributed by atoms with Gasteiger partial charge in [-0.2, -0.15) is 0 Å². The molecule has 0 atom stereocenters. The van der Waals surface area contributed by atoms with E-state index in [0.29, 0.717) is 26.4 Å². The Morgan fingerprint density at radius 1 is 1.19 bits per heavy atom. The molecule has 0 spiro atoms. The number of thiazole rings is 1. The number of nitrogens with zero attached hydrogens (tertiary/aromatic N) is 3. The minimum absolute atomic E-state index is 0.0777. The first-order valence-corrected chi connectivity index (χ1v) is 9.94. The van der Waals surface area contributed by atoms with Crippen molar-refractivity contribution in [1.82, 2.24) is 9.88 Å². The van der Waals surface area contributed by atoms with Gasteiger partial charge in [-0.05, 0) is 61.2 Å². The highest BCUT2D eigenvalue weighted by atomic mass is 79.9. The number of rotatable bonds is 6. The summed E-state index contributed by atoms with van der Waals surface area (Å²) >= 11 is 4.51. The van der Waals surface area contributed by atoms with E-state index in [1.54, 1.807) is 18.2 Å². The van der Waals surface area contributed by atoms with E-state index in [-0.39, 0.29) is 11.4 Å². The van der Waals surface area contributed by atoms with E-state index < -0.39 is 11.6 Å². The van der Waals surface area contributed by atoms with Crippen LogP contribution >= 0.6 is 27.3 Å². The monoisotopic (exact) mass is 453 g/mol. The average molecular weight is 454 g/mol. The van der Waals surface area contributed by atoms with Crippen LogP contribution in [0.2, 0.25) is 0 Å². The first kappa shape index (κ1) is 19.9. The molecule has 0 saturated heterocycles. The maximum atomic E-state index is 14.1. The zero-order valence-electron chi connectivity index (χ0n) is 14.9. The van der Waals surface area contributed by atoms with Crippen molar-refractivity contribution in [3.8, 4) is 0 Å². The Balaban J connectivity index is 2.00. The van der Waals surface area contributed by atoms with Gasteiger partial charge in [0.15, 0.2) is 10.9 Å². The fourth-order valence-corrected chi connectivity index (χ4v) is 4.15. The molecule has 1 heterocycles. The normalized spacial score (nSPS) is 11.3. The van der Waals surface area contributed by atoms with Crippen LogP contribution < -0.4 is 4.90 Å². The third-order valence-electron chi connectivity index (χ3n) is 3.97. The molecule has 0 bridgehead atoms. The number of carbonyl (C=O) groups excluding carboxylic acids is 1. The van der Waals surface area contributed by atoms with Gasteiger partial charge >= 0.3 is 0 Å². The summed E-state index contributed by atoms with van der Waals surface area (Å²) in [5, 5.41) is 0.356. The van der Waals surface area contributed by atoms with Crippen LogP contribution in [0.25, 0.3) is 10.2 Å². The summed E-state index contributed by atoms with van der Waals surface area (Å²) in [7, 11) is 3.91. The molecule has 4 nitrogen and oxygen atoms in total. The minimum atomic E-state index is -0.728. The summed E-state index contributed by atoms with van der Waals surface area (Å²) in [5.41, 5.74) is 0.571. The Morgan fingerprint density at radius 2 is 1.93 bits per heavy atom. The number of hydrogen-bond donors (Lipinski definition) is 0. The third-order valence-corrected chi connectivity index (χ3v) is 5.69. The van der Waals surface area contributed by atoms with Gasteiger partial charge in [0, 0.05) is 17.1 Å². The Bertz CT molecular complexity index is 977. The summed E-state index contributed by atoms with van der Waals surface area (Å²) in [6.07, 6.45) is 0.718. The van der Waals surface area contributed by atoms with Crippen molar-refractivity contribution >= 4 is 48.5 Å². The van der Waals surface area contributed by atoms with E-state index in [0.717, 1.165) is 30.4 Å². The number of anilines is 1. The van der Waals surface area contributed by atoms with Gasteiger partial charge in [0.05, 0.1) is 10.3 Å². The zero-order valence-corrected chi connectivity index (χ0v) is 17.3. The quantitative estimate of drug-likeness (QED) is 0.530. The van der Waals surface area contributed by atoms with Gasteiger partial charge in [0.2, 0.25) is 0 Å². The molecule has 3 rings (SSSR count). The van der Waals surface area contributed by atoms with Crippen LogP contribution in [0.1, 0.15) is 16.8 Å². The van der Waals surface area contributed by atoms with Crippen molar-refractivity contribution in [1.29, 1.82) is 0 Å². The molecule has 8 heteroatoms. The van der Waals surface area contributed by atoms with Crippen molar-refractivity contribution in [2.24, 2.45) is 0 Å². The SMILES string of the molecule is CN(C)CCCN(C(=O)c1ccccc1Br)c1nc2c(F)cc(F)cc2s1. The summed E-state index contributed by atoms with van der Waals surface area (Å²) in [5.74, 6) is -1.62. The summed E-state index contributed by atoms with van der Waals surface area (Å²) < 4.78 is 28.6. The first-order chi connectivity index (χ1) is 12.9. The largest absolute Gasteiger partial charge is 0.309 e. The van der Waals surface area contributed by atoms with Crippen LogP contribution in [0.5, 0.6) is 0 Å². The van der Waals surface area contributed by atoms with Crippen molar-refractivity contribution in [2.75, 3.05) is 32.1 Å². The molecule has 0 unspecified atom stereocenters. The number of halogens is 3. The summed E-state index contributed by atoms with van der Waals surface area (Å²) in [6, 6.07) is 9.16. The van der Waals surface area contributed by atoms with Crippen LogP contribution in [0.3, 0.4) is 0 Å². The zero-order chi connectivity index (χ0) is 19.6. The fourth-order valence-electron chi connectivity index (χ4n) is 2.67. The topological polar surface area (TPSA) is 36.4 Å². The van der Waals surface area contributed by atoms with Crippen LogP contribution in [-0.2, 0) is 0 Å². The Labute approximate surface area is 168 Å². The van der Waals surface area contributed by atoms with Gasteiger partial charge in [0.25, 0.3) is 5.91 Å². The molecule has 1 aromatic heterocycles. The minimum Gasteiger partial charge on any atom is -0.309 e. The van der Waals surface area contributed by atoms with E-state index in [2.05, 4.69) is 20.9 Å². The third kappa shape index (κ3) is 4.51. The lowest BCUT2D eigenvalue weighted by Gasteiger charge is -2.21. The number of fused-ring (bicyclic) bond motifs is 1. The molecule has 1 amide bonds. The second-order valence-electron chi connectivity index (χ2n) is 6.32. The van der Waals surface area contributed by atoms with E-state index in [1.807, 2.05) is 25.1 Å². The van der Waals surface area contributed by atoms with Crippen LogP contribution in [0, 0.1) is 11.6 Å². The fraction of sp³-hybridized carbons (Fsp3) is 0.263. The smallest absolute Gasteiger partial charge is 0.261 e. The molecular formula is C19H18BrF2N3OS. The van der Waals surface area contributed by atoms with Crippen molar-refractivity contribution in [3.05, 3.63) is 58.1 Å². The molecule has 27 heavy (non-hydrogen) atoms. The lowest BCUT2D eigenvalue weighted by atomic mass is 10.2. The first-order valence-electron chi connectivity index (χ1n) is 8.33. The van der Waals surface area contributed by atoms with E-state index in [4.69, 9.17) is 0 Å². The maximum absolute atomic E-state index is 14.1. The highest BCUT2D eigenvalue weighted by Gasteiger charge is 2.23. The van der Waals surface area contributed by atoms with Gasteiger partial charge in [-0.1, -0.05) is 23.5 Å². The van der Waals surface area contributed by atoms with Gasteiger partial charge in [-0.15, -0.1) is 0 Å². The van der Waals surface area contributed by atoms with Gasteiger partial charge in [-0.25, -0.2) is 13.8 Å². The molecule has 0 fully saturated rings. The van der Waals surface area contributed by atoms with Crippen LogP contribution in [0.4, 0.5) is 13.9 Å².